The zero-order valence-corrected chi connectivity index (χ0v) is 15.2. The molecule has 0 N–H and O–H groups in total. The molecule has 140 valence electrons. The maximum Gasteiger partial charge on any atom is 0.338 e. The van der Waals surface area contributed by atoms with Crippen molar-refractivity contribution < 1.29 is 28.3 Å². The van der Waals surface area contributed by atoms with Gasteiger partial charge in [0.15, 0.2) is 5.76 Å². The molecule has 0 aliphatic rings. The molecule has 0 saturated heterocycles. The molecule has 27 heavy (non-hydrogen) atoms. The number of hydrogen-bond acceptors (Lipinski definition) is 7. The van der Waals surface area contributed by atoms with Crippen LogP contribution in [0.3, 0.4) is 0 Å². The molecule has 1 aromatic heterocycles. The lowest BCUT2D eigenvalue weighted by Gasteiger charge is -2.08. The van der Waals surface area contributed by atoms with Crippen LogP contribution in [0.4, 0.5) is 0 Å². The predicted octanol–water partition coefficient (Wildman–Crippen LogP) is 3.72. The van der Waals surface area contributed by atoms with Gasteiger partial charge in [-0.3, -0.25) is 0 Å². The van der Waals surface area contributed by atoms with Gasteiger partial charge in [0.05, 0.1) is 26.9 Å². The molecular formula is C20H19NO6. The fourth-order valence-electron chi connectivity index (χ4n) is 2.42. The summed E-state index contributed by atoms with van der Waals surface area (Å²) in [4.78, 5) is 12.3. The van der Waals surface area contributed by atoms with Gasteiger partial charge in [-0.05, 0) is 36.4 Å². The normalized spacial score (nSPS) is 10.3. The van der Waals surface area contributed by atoms with Crippen LogP contribution in [0.5, 0.6) is 17.2 Å². The molecule has 0 fully saturated rings. The first-order chi connectivity index (χ1) is 13.1. The number of carbonyl (C=O) groups excluding carboxylic acids is 1. The largest absolute Gasteiger partial charge is 0.497 e. The summed E-state index contributed by atoms with van der Waals surface area (Å²) in [5.41, 5.74) is 1.67. The molecule has 7 nitrogen and oxygen atoms in total. The fraction of sp³-hybridized carbons (Fsp3) is 0.200. The molecule has 2 aromatic carbocycles. The lowest BCUT2D eigenvalue weighted by atomic mass is 10.1. The highest BCUT2D eigenvalue weighted by molar-refractivity contribution is 5.90. The molecule has 3 rings (SSSR count). The van der Waals surface area contributed by atoms with Gasteiger partial charge < -0.3 is 23.5 Å². The Hall–Kier alpha value is -3.48. The third-order valence-corrected chi connectivity index (χ3v) is 3.87. The second-order valence-corrected chi connectivity index (χ2v) is 5.59. The van der Waals surface area contributed by atoms with Crippen LogP contribution >= 0.6 is 0 Å². The molecule has 3 aromatic rings. The highest BCUT2D eigenvalue weighted by Crippen LogP contribution is 2.25. The molecule has 0 spiro atoms. The van der Waals surface area contributed by atoms with E-state index in [9.17, 15) is 4.79 Å². The van der Waals surface area contributed by atoms with E-state index in [0.29, 0.717) is 28.5 Å². The lowest BCUT2D eigenvalue weighted by molar-refractivity contribution is 0.0463. The van der Waals surface area contributed by atoms with Crippen LogP contribution in [0.2, 0.25) is 0 Å². The van der Waals surface area contributed by atoms with Gasteiger partial charge in [0.25, 0.3) is 0 Å². The Morgan fingerprint density at radius 3 is 2.11 bits per heavy atom. The monoisotopic (exact) mass is 369 g/mol. The van der Waals surface area contributed by atoms with Gasteiger partial charge in [0, 0.05) is 17.7 Å². The van der Waals surface area contributed by atoms with Crippen molar-refractivity contribution in [3.05, 3.63) is 59.8 Å². The van der Waals surface area contributed by atoms with Crippen molar-refractivity contribution in [3.63, 3.8) is 0 Å². The highest BCUT2D eigenvalue weighted by atomic mass is 16.5. The van der Waals surface area contributed by atoms with Crippen LogP contribution in [-0.4, -0.2) is 32.5 Å². The Labute approximate surface area is 156 Å². The van der Waals surface area contributed by atoms with Crippen molar-refractivity contribution in [2.75, 3.05) is 21.3 Å². The van der Waals surface area contributed by atoms with E-state index in [1.165, 1.54) is 14.2 Å². The molecule has 0 amide bonds. The van der Waals surface area contributed by atoms with E-state index in [1.54, 1.807) is 31.4 Å². The zero-order chi connectivity index (χ0) is 19.2. The van der Waals surface area contributed by atoms with Gasteiger partial charge in [-0.25, -0.2) is 4.79 Å². The van der Waals surface area contributed by atoms with Gasteiger partial charge in [-0.2, -0.15) is 0 Å². The minimum Gasteiger partial charge on any atom is -0.497 e. The van der Waals surface area contributed by atoms with Gasteiger partial charge in [-0.15, -0.1) is 0 Å². The van der Waals surface area contributed by atoms with Crippen molar-refractivity contribution >= 4 is 5.97 Å². The number of rotatable bonds is 7. The summed E-state index contributed by atoms with van der Waals surface area (Å²) in [6.07, 6.45) is 0. The number of ether oxygens (including phenoxy) is 4. The summed E-state index contributed by atoms with van der Waals surface area (Å²) < 4.78 is 26.1. The molecule has 0 aliphatic heterocycles. The minimum absolute atomic E-state index is 0.0159. The van der Waals surface area contributed by atoms with Crippen LogP contribution < -0.4 is 14.2 Å². The van der Waals surface area contributed by atoms with Gasteiger partial charge in [0.2, 0.25) is 0 Å². The van der Waals surface area contributed by atoms with E-state index in [2.05, 4.69) is 5.16 Å². The van der Waals surface area contributed by atoms with Crippen molar-refractivity contribution in [1.29, 1.82) is 0 Å². The number of methoxy groups -OCH3 is 3. The summed E-state index contributed by atoms with van der Waals surface area (Å²) in [7, 11) is 4.63. The Kier molecular flexibility index (Phi) is 5.61. The Balaban J connectivity index is 1.66. The zero-order valence-electron chi connectivity index (χ0n) is 15.2. The number of esters is 1. The number of benzene rings is 2. The Bertz CT molecular complexity index is 894. The van der Waals surface area contributed by atoms with Crippen molar-refractivity contribution in [2.24, 2.45) is 0 Å². The summed E-state index contributed by atoms with van der Waals surface area (Å²) >= 11 is 0. The molecule has 0 atom stereocenters. The van der Waals surface area contributed by atoms with Crippen LogP contribution in [0.25, 0.3) is 11.3 Å². The summed E-state index contributed by atoms with van der Waals surface area (Å²) in [5, 5.41) is 3.94. The van der Waals surface area contributed by atoms with Gasteiger partial charge in [0.1, 0.15) is 29.5 Å². The topological polar surface area (TPSA) is 80.0 Å². The van der Waals surface area contributed by atoms with Crippen LogP contribution in [0, 0.1) is 0 Å². The SMILES string of the molecule is COc1ccc(-c2cc(COC(=O)c3cc(OC)cc(OC)c3)no2)cc1. The van der Waals surface area contributed by atoms with Crippen molar-refractivity contribution in [1.82, 2.24) is 5.16 Å². The van der Waals surface area contributed by atoms with Crippen LogP contribution in [0.15, 0.2) is 53.1 Å². The quantitative estimate of drug-likeness (QED) is 0.587. The van der Waals surface area contributed by atoms with E-state index in [0.717, 1.165) is 11.3 Å². The van der Waals surface area contributed by atoms with Gasteiger partial charge in [-0.1, -0.05) is 5.16 Å². The highest BCUT2D eigenvalue weighted by Gasteiger charge is 2.13. The Morgan fingerprint density at radius 1 is 0.889 bits per heavy atom. The molecule has 0 aliphatic carbocycles. The van der Waals surface area contributed by atoms with E-state index in [1.807, 2.05) is 24.3 Å². The molecule has 1 heterocycles. The average molecular weight is 369 g/mol. The molecule has 0 bridgehead atoms. The van der Waals surface area contributed by atoms with E-state index in [-0.39, 0.29) is 6.61 Å². The maximum atomic E-state index is 12.3. The molecule has 7 heteroatoms. The Morgan fingerprint density at radius 2 is 1.52 bits per heavy atom. The minimum atomic E-state index is -0.513. The summed E-state index contributed by atoms with van der Waals surface area (Å²) in [6, 6.07) is 13.9. The third-order valence-electron chi connectivity index (χ3n) is 3.87. The third kappa shape index (κ3) is 4.38. The maximum absolute atomic E-state index is 12.3. The first-order valence-corrected chi connectivity index (χ1v) is 8.13. The van der Waals surface area contributed by atoms with Gasteiger partial charge >= 0.3 is 5.97 Å². The summed E-state index contributed by atoms with van der Waals surface area (Å²) in [5.74, 6) is 1.82. The van der Waals surface area contributed by atoms with Crippen LogP contribution in [0.1, 0.15) is 16.1 Å². The smallest absolute Gasteiger partial charge is 0.338 e. The number of aromatic nitrogens is 1. The molecule has 0 radical (unpaired) electrons. The second-order valence-electron chi connectivity index (χ2n) is 5.59. The molecule has 0 unspecified atom stereocenters. The first-order valence-electron chi connectivity index (χ1n) is 8.13. The predicted molar refractivity (Wildman–Crippen MR) is 97.2 cm³/mol. The van der Waals surface area contributed by atoms with Crippen LogP contribution in [-0.2, 0) is 11.3 Å². The molecule has 0 saturated carbocycles. The second kappa shape index (κ2) is 8.27. The standard InChI is InChI=1S/C20H19NO6/c1-23-16-6-4-13(5-7-16)19-10-15(21-27-19)12-26-20(22)14-8-17(24-2)11-18(9-14)25-3/h4-11H,12H2,1-3H3. The number of nitrogens with zero attached hydrogens (tertiary/aromatic N) is 1. The number of carbonyl (C=O) groups is 1. The lowest BCUT2D eigenvalue weighted by Crippen LogP contribution is -2.06. The van der Waals surface area contributed by atoms with Crippen molar-refractivity contribution in [2.45, 2.75) is 6.61 Å². The first kappa shape index (κ1) is 18.3. The molecular weight excluding hydrogens is 350 g/mol. The summed E-state index contributed by atoms with van der Waals surface area (Å²) in [6.45, 7) is -0.0159. The van der Waals surface area contributed by atoms with E-state index < -0.39 is 5.97 Å². The van der Waals surface area contributed by atoms with E-state index in [4.69, 9.17) is 23.5 Å². The number of hydrogen-bond donors (Lipinski definition) is 0. The van der Waals surface area contributed by atoms with Crippen molar-refractivity contribution in [3.8, 4) is 28.6 Å². The average Bonchev–Trinajstić information content (AvgIpc) is 3.20. The fourth-order valence-corrected chi connectivity index (χ4v) is 2.42. The van der Waals surface area contributed by atoms with E-state index >= 15 is 0 Å².